The predicted molar refractivity (Wildman–Crippen MR) is 140 cm³/mol. The molecule has 10 atom stereocenters. The number of ether oxygens (including phenoxy) is 4. The van der Waals surface area contributed by atoms with Crippen LogP contribution in [-0.2, 0) is 28.5 Å². The fourth-order valence-corrected chi connectivity index (χ4v) is 8.30. The maximum atomic E-state index is 15.6. The van der Waals surface area contributed by atoms with Gasteiger partial charge in [-0.05, 0) is 68.1 Å². The number of aliphatic hydroxyl groups is 1. The summed E-state index contributed by atoms with van der Waals surface area (Å²) in [6.07, 6.45) is 0.970. The summed E-state index contributed by atoms with van der Waals surface area (Å²) < 4.78 is 65.3. The number of alkyl halides is 3. The smallest absolute Gasteiger partial charge is 0.431 e. The monoisotopic (exact) mass is 586 g/mol. The molecule has 2 unspecified atom stereocenters. The first kappa shape index (κ1) is 31.5. The van der Waals surface area contributed by atoms with Crippen molar-refractivity contribution in [2.24, 2.45) is 28.6 Å². The molecule has 0 bridgehead atoms. The molecule has 3 saturated carbocycles. The van der Waals surface area contributed by atoms with Gasteiger partial charge in [0.1, 0.15) is 12.3 Å². The zero-order valence-corrected chi connectivity index (χ0v) is 24.1. The third-order valence-corrected chi connectivity index (χ3v) is 10.2. The number of hydrogen-bond donors (Lipinski definition) is 1. The van der Waals surface area contributed by atoms with Crippen LogP contribution in [0.2, 0.25) is 0 Å². The first-order chi connectivity index (χ1) is 19.3. The SMILES string of the molecule is COC1CCCC[C@@H]1OC(=O)O[C@]1(C(=O)OCF)[C@H](C)C[C@@H]([C@@H]2C[C@H](F)C3=CC(=O)C=C[C@]3(C)C2)[C@]1(C)CC(O)F. The van der Waals surface area contributed by atoms with Gasteiger partial charge in [-0.15, -0.1) is 0 Å². The molecule has 0 radical (unpaired) electrons. The van der Waals surface area contributed by atoms with E-state index in [4.69, 9.17) is 18.9 Å². The summed E-state index contributed by atoms with van der Waals surface area (Å²) in [7, 11) is 1.50. The van der Waals surface area contributed by atoms with Crippen LogP contribution in [0.1, 0.15) is 72.1 Å². The lowest BCUT2D eigenvalue weighted by Gasteiger charge is -2.50. The zero-order chi connectivity index (χ0) is 30.2. The van der Waals surface area contributed by atoms with E-state index in [2.05, 4.69) is 0 Å². The fraction of sp³-hybridized carbons (Fsp3) is 0.767. The van der Waals surface area contributed by atoms with E-state index < -0.39 is 78.2 Å². The maximum absolute atomic E-state index is 15.6. The summed E-state index contributed by atoms with van der Waals surface area (Å²) in [6, 6.07) is 0. The predicted octanol–water partition coefficient (Wildman–Crippen LogP) is 5.47. The van der Waals surface area contributed by atoms with Gasteiger partial charge in [-0.2, -0.15) is 0 Å². The van der Waals surface area contributed by atoms with E-state index in [1.54, 1.807) is 13.0 Å². The Morgan fingerprint density at radius 2 is 1.85 bits per heavy atom. The molecule has 0 amide bonds. The molecular weight excluding hydrogens is 545 g/mol. The Hall–Kier alpha value is -2.40. The molecule has 1 N–H and O–H groups in total. The number of carbonyl (C=O) groups is 3. The molecule has 0 saturated heterocycles. The Labute approximate surface area is 238 Å². The number of esters is 1. The van der Waals surface area contributed by atoms with Crippen LogP contribution in [0.3, 0.4) is 0 Å². The standard InChI is InChI=1S/C30H41F3O8/c1-17-11-20(18-12-22(32)21-13-19(34)9-10-28(21,2)14-18)29(3,15-25(33)35)30(17,26(36)39-16-31)41-27(37)40-24-8-6-5-7-23(24)38-4/h9-10,13,17-18,20,22-25,35H,5-8,11-12,14-16H2,1-4H3/t17-,18-,20+,22+,23?,24+,25?,28-,29+,30+/m1/s1. The minimum atomic E-state index is -2.43. The van der Waals surface area contributed by atoms with Crippen molar-refractivity contribution < 1.29 is 51.6 Å². The van der Waals surface area contributed by atoms with Crippen LogP contribution in [-0.4, -0.2) is 67.3 Å². The third-order valence-electron chi connectivity index (χ3n) is 10.2. The van der Waals surface area contributed by atoms with Crippen LogP contribution in [0.15, 0.2) is 23.8 Å². The molecule has 4 rings (SSSR count). The molecule has 3 fully saturated rings. The number of methoxy groups -OCH3 is 1. The Kier molecular flexibility index (Phi) is 9.28. The van der Waals surface area contributed by atoms with Crippen LogP contribution in [0.5, 0.6) is 0 Å². The van der Waals surface area contributed by atoms with Gasteiger partial charge in [0.25, 0.3) is 0 Å². The summed E-state index contributed by atoms with van der Waals surface area (Å²) in [5.74, 6) is -3.45. The lowest BCUT2D eigenvalue weighted by Crippen LogP contribution is -2.60. The zero-order valence-electron chi connectivity index (χ0n) is 24.1. The highest BCUT2D eigenvalue weighted by molar-refractivity contribution is 6.01. The highest BCUT2D eigenvalue weighted by Gasteiger charge is 2.71. The summed E-state index contributed by atoms with van der Waals surface area (Å²) in [5, 5.41) is 9.99. The number of carbonyl (C=O) groups excluding carboxylic acids is 3. The van der Waals surface area contributed by atoms with Gasteiger partial charge in [0.2, 0.25) is 12.5 Å². The number of ketones is 1. The second-order valence-electron chi connectivity index (χ2n) is 12.6. The number of rotatable bonds is 8. The number of halogens is 3. The van der Waals surface area contributed by atoms with E-state index in [0.717, 1.165) is 12.8 Å². The summed E-state index contributed by atoms with van der Waals surface area (Å²) >= 11 is 0. The van der Waals surface area contributed by atoms with Gasteiger partial charge in [0.15, 0.2) is 12.1 Å². The number of fused-ring (bicyclic) bond motifs is 1. The Morgan fingerprint density at radius 1 is 1.17 bits per heavy atom. The van der Waals surface area contributed by atoms with Gasteiger partial charge in [0.05, 0.1) is 6.10 Å². The highest BCUT2D eigenvalue weighted by Crippen LogP contribution is 2.64. The quantitative estimate of drug-likeness (QED) is 0.374. The van der Waals surface area contributed by atoms with E-state index in [1.807, 2.05) is 6.92 Å². The lowest BCUT2D eigenvalue weighted by atomic mass is 9.56. The summed E-state index contributed by atoms with van der Waals surface area (Å²) in [5.41, 5.74) is -4.29. The third kappa shape index (κ3) is 5.68. The Bertz CT molecular complexity index is 1080. The first-order valence-corrected chi connectivity index (χ1v) is 14.4. The molecule has 230 valence electrons. The number of aliphatic hydroxyl groups excluding tert-OH is 1. The fourth-order valence-electron chi connectivity index (χ4n) is 8.30. The van der Waals surface area contributed by atoms with Crippen LogP contribution < -0.4 is 0 Å². The van der Waals surface area contributed by atoms with Crippen molar-refractivity contribution in [2.75, 3.05) is 14.0 Å². The van der Waals surface area contributed by atoms with Crippen LogP contribution in [0.4, 0.5) is 18.0 Å². The number of allylic oxidation sites excluding steroid dienone is 4. The van der Waals surface area contributed by atoms with Gasteiger partial charge in [0, 0.05) is 30.3 Å². The average molecular weight is 587 g/mol. The molecule has 0 aromatic rings. The van der Waals surface area contributed by atoms with E-state index in [-0.39, 0.29) is 24.7 Å². The molecule has 8 nitrogen and oxygen atoms in total. The van der Waals surface area contributed by atoms with Gasteiger partial charge in [-0.25, -0.2) is 22.8 Å². The van der Waals surface area contributed by atoms with Crippen molar-refractivity contribution in [2.45, 2.75) is 102 Å². The molecule has 0 spiro atoms. The van der Waals surface area contributed by atoms with Crippen molar-refractivity contribution in [1.29, 1.82) is 0 Å². The highest BCUT2D eigenvalue weighted by atomic mass is 19.1. The Balaban J connectivity index is 1.71. The van der Waals surface area contributed by atoms with Gasteiger partial charge < -0.3 is 24.1 Å². The largest absolute Gasteiger partial charge is 0.509 e. The topological polar surface area (TPSA) is 108 Å². The van der Waals surface area contributed by atoms with Crippen molar-refractivity contribution >= 4 is 17.9 Å². The molecule has 41 heavy (non-hydrogen) atoms. The second kappa shape index (κ2) is 12.1. The Morgan fingerprint density at radius 3 is 2.49 bits per heavy atom. The van der Waals surface area contributed by atoms with Crippen LogP contribution in [0.25, 0.3) is 0 Å². The summed E-state index contributed by atoms with van der Waals surface area (Å²) in [6.45, 7) is 3.40. The van der Waals surface area contributed by atoms with Gasteiger partial charge in [-0.1, -0.05) is 33.3 Å². The number of hydrogen-bond acceptors (Lipinski definition) is 8. The minimum absolute atomic E-state index is 0.0197. The molecule has 4 aliphatic carbocycles. The van der Waals surface area contributed by atoms with Crippen LogP contribution in [0, 0.1) is 28.6 Å². The van der Waals surface area contributed by atoms with Gasteiger partial charge >= 0.3 is 12.1 Å². The molecule has 0 aromatic carbocycles. The van der Waals surface area contributed by atoms with Gasteiger partial charge in [-0.3, -0.25) is 4.79 Å². The molecule has 0 heterocycles. The lowest BCUT2D eigenvalue weighted by molar-refractivity contribution is -0.203. The van der Waals surface area contributed by atoms with Crippen molar-refractivity contribution in [3.8, 4) is 0 Å². The van der Waals surface area contributed by atoms with Crippen molar-refractivity contribution in [1.82, 2.24) is 0 Å². The molecular formula is C30H41F3O8. The minimum Gasteiger partial charge on any atom is -0.431 e. The van der Waals surface area contributed by atoms with Crippen LogP contribution >= 0.6 is 0 Å². The average Bonchev–Trinajstić information content (AvgIpc) is 3.11. The summed E-state index contributed by atoms with van der Waals surface area (Å²) in [4.78, 5) is 38.9. The molecule has 11 heteroatoms. The maximum Gasteiger partial charge on any atom is 0.509 e. The van der Waals surface area contributed by atoms with E-state index >= 15 is 4.39 Å². The normalized spacial score (nSPS) is 41.3. The molecule has 4 aliphatic rings. The molecule has 0 aromatic heterocycles. The first-order valence-electron chi connectivity index (χ1n) is 14.4. The van der Waals surface area contributed by atoms with E-state index in [0.29, 0.717) is 24.8 Å². The second-order valence-corrected chi connectivity index (χ2v) is 12.6. The van der Waals surface area contributed by atoms with Crippen molar-refractivity contribution in [3.63, 3.8) is 0 Å². The molecule has 0 aliphatic heterocycles. The van der Waals surface area contributed by atoms with E-state index in [9.17, 15) is 28.3 Å². The van der Waals surface area contributed by atoms with E-state index in [1.165, 1.54) is 26.2 Å². The van der Waals surface area contributed by atoms with Crippen molar-refractivity contribution in [3.05, 3.63) is 23.8 Å².